The van der Waals surface area contributed by atoms with Gasteiger partial charge in [-0.05, 0) is 52.6 Å². The van der Waals surface area contributed by atoms with Crippen molar-refractivity contribution >= 4 is 5.78 Å². The lowest BCUT2D eigenvalue weighted by Gasteiger charge is -2.39. The van der Waals surface area contributed by atoms with Gasteiger partial charge in [-0.15, -0.1) is 0 Å². The van der Waals surface area contributed by atoms with Gasteiger partial charge in [-0.3, -0.25) is 9.69 Å². The molecule has 23 heavy (non-hydrogen) atoms. The first kappa shape index (κ1) is 18.8. The molecule has 0 unspecified atom stereocenters. The van der Waals surface area contributed by atoms with Crippen molar-refractivity contribution in [3.05, 3.63) is 0 Å². The fourth-order valence-electron chi connectivity index (χ4n) is 3.62. The van der Waals surface area contributed by atoms with Crippen LogP contribution in [0.5, 0.6) is 0 Å². The number of carbonyl (C=O) groups excluding carboxylic acids is 1. The minimum absolute atomic E-state index is 0.110. The standard InChI is InChI=1S/C18H35N3O2/c1-16(2)21-6-4-18(5-7-21)14-20-10-8-19(9-11-20)12-13-23-15-17(3)22/h16,18H,4-15H2,1-3H3. The van der Waals surface area contributed by atoms with Gasteiger partial charge in [-0.2, -0.15) is 0 Å². The van der Waals surface area contributed by atoms with Crippen molar-refractivity contribution in [2.75, 3.05) is 65.6 Å². The lowest BCUT2D eigenvalue weighted by Crippen LogP contribution is -2.49. The fourth-order valence-corrected chi connectivity index (χ4v) is 3.62. The molecule has 0 N–H and O–H groups in total. The predicted octanol–water partition coefficient (Wildman–Crippen LogP) is 1.33. The smallest absolute Gasteiger partial charge is 0.155 e. The largest absolute Gasteiger partial charge is 0.372 e. The molecular weight excluding hydrogens is 290 g/mol. The van der Waals surface area contributed by atoms with Crippen LogP contribution in [0.15, 0.2) is 0 Å². The number of piperazine rings is 1. The second-order valence-corrected chi connectivity index (χ2v) is 7.47. The number of hydrogen-bond donors (Lipinski definition) is 0. The Bertz CT molecular complexity index is 346. The molecule has 134 valence electrons. The van der Waals surface area contributed by atoms with Crippen molar-refractivity contribution in [1.29, 1.82) is 0 Å². The molecule has 0 aliphatic carbocycles. The number of rotatable bonds is 8. The summed E-state index contributed by atoms with van der Waals surface area (Å²) < 4.78 is 5.37. The molecule has 2 aliphatic rings. The molecule has 0 amide bonds. The maximum Gasteiger partial charge on any atom is 0.155 e. The molecule has 2 rings (SSSR count). The Morgan fingerprint density at radius 2 is 1.65 bits per heavy atom. The molecule has 0 radical (unpaired) electrons. The molecule has 0 aromatic carbocycles. The summed E-state index contributed by atoms with van der Waals surface area (Å²) in [5.74, 6) is 0.994. The Morgan fingerprint density at radius 1 is 1.04 bits per heavy atom. The molecule has 5 nitrogen and oxygen atoms in total. The van der Waals surface area contributed by atoms with E-state index in [0.717, 1.165) is 25.6 Å². The van der Waals surface area contributed by atoms with Crippen LogP contribution in [0, 0.1) is 5.92 Å². The van der Waals surface area contributed by atoms with Crippen LogP contribution in [0.25, 0.3) is 0 Å². The number of piperidine rings is 1. The molecule has 2 aliphatic heterocycles. The van der Waals surface area contributed by atoms with Crippen molar-refractivity contribution in [3.63, 3.8) is 0 Å². The Hall–Kier alpha value is -0.490. The number of likely N-dealkylation sites (tertiary alicyclic amines) is 1. The first-order valence-electron chi connectivity index (χ1n) is 9.30. The van der Waals surface area contributed by atoms with E-state index in [2.05, 4.69) is 28.5 Å². The van der Waals surface area contributed by atoms with Crippen LogP contribution in [0.3, 0.4) is 0 Å². The molecule has 5 heteroatoms. The zero-order valence-corrected chi connectivity index (χ0v) is 15.3. The third kappa shape index (κ3) is 6.87. The SMILES string of the molecule is CC(=O)COCCN1CCN(CC2CCN(C(C)C)CC2)CC1. The van der Waals surface area contributed by atoms with E-state index in [1.807, 2.05) is 0 Å². The summed E-state index contributed by atoms with van der Waals surface area (Å²) in [6.07, 6.45) is 2.72. The lowest BCUT2D eigenvalue weighted by molar-refractivity contribution is -0.121. The highest BCUT2D eigenvalue weighted by atomic mass is 16.5. The van der Waals surface area contributed by atoms with Gasteiger partial charge in [0.05, 0.1) is 6.61 Å². The summed E-state index contributed by atoms with van der Waals surface area (Å²) in [4.78, 5) is 18.5. The van der Waals surface area contributed by atoms with Crippen molar-refractivity contribution in [2.45, 2.75) is 39.7 Å². The molecule has 0 aromatic heterocycles. The topological polar surface area (TPSA) is 36.0 Å². The number of hydrogen-bond acceptors (Lipinski definition) is 5. The minimum Gasteiger partial charge on any atom is -0.372 e. The van der Waals surface area contributed by atoms with Crippen LogP contribution < -0.4 is 0 Å². The van der Waals surface area contributed by atoms with Gasteiger partial charge >= 0.3 is 0 Å². The van der Waals surface area contributed by atoms with Crippen LogP contribution >= 0.6 is 0 Å². The summed E-state index contributed by atoms with van der Waals surface area (Å²) >= 11 is 0. The van der Waals surface area contributed by atoms with E-state index in [9.17, 15) is 4.79 Å². The Kier molecular flexibility index (Phi) is 7.96. The zero-order chi connectivity index (χ0) is 16.7. The molecule has 0 spiro atoms. The Labute approximate surface area is 141 Å². The molecule has 0 bridgehead atoms. The lowest BCUT2D eigenvalue weighted by atomic mass is 9.95. The average molecular weight is 325 g/mol. The second kappa shape index (κ2) is 9.72. The maximum atomic E-state index is 10.8. The van der Waals surface area contributed by atoms with Crippen LogP contribution in [0.2, 0.25) is 0 Å². The van der Waals surface area contributed by atoms with Crippen LogP contribution in [-0.4, -0.2) is 92.1 Å². The third-order valence-electron chi connectivity index (χ3n) is 5.22. The van der Waals surface area contributed by atoms with Crippen LogP contribution in [-0.2, 0) is 9.53 Å². The molecule has 2 fully saturated rings. The van der Waals surface area contributed by atoms with Gasteiger partial charge < -0.3 is 14.5 Å². The summed E-state index contributed by atoms with van der Waals surface area (Å²) in [5, 5.41) is 0. The van der Waals surface area contributed by atoms with E-state index >= 15 is 0 Å². The van der Waals surface area contributed by atoms with E-state index in [-0.39, 0.29) is 12.4 Å². The van der Waals surface area contributed by atoms with Crippen LogP contribution in [0.1, 0.15) is 33.6 Å². The molecule has 0 saturated carbocycles. The third-order valence-corrected chi connectivity index (χ3v) is 5.22. The highest BCUT2D eigenvalue weighted by Crippen LogP contribution is 2.20. The van der Waals surface area contributed by atoms with Gasteiger partial charge in [0, 0.05) is 45.3 Å². The zero-order valence-electron chi connectivity index (χ0n) is 15.3. The number of ether oxygens (including phenoxy) is 1. The highest BCUT2D eigenvalue weighted by molar-refractivity contribution is 5.76. The number of carbonyl (C=O) groups is 1. The van der Waals surface area contributed by atoms with Crippen molar-refractivity contribution in [3.8, 4) is 0 Å². The second-order valence-electron chi connectivity index (χ2n) is 7.47. The van der Waals surface area contributed by atoms with Gasteiger partial charge in [-0.1, -0.05) is 0 Å². The van der Waals surface area contributed by atoms with Gasteiger partial charge in [0.2, 0.25) is 0 Å². The van der Waals surface area contributed by atoms with E-state index in [0.29, 0.717) is 12.6 Å². The molecule has 0 aromatic rings. The minimum atomic E-state index is 0.110. The number of nitrogens with zero attached hydrogens (tertiary/aromatic N) is 3. The summed E-state index contributed by atoms with van der Waals surface area (Å²) in [6, 6.07) is 0.699. The fraction of sp³-hybridized carbons (Fsp3) is 0.944. The first-order chi connectivity index (χ1) is 11.0. The van der Waals surface area contributed by atoms with E-state index in [4.69, 9.17) is 4.74 Å². The molecule has 0 atom stereocenters. The van der Waals surface area contributed by atoms with Crippen LogP contribution in [0.4, 0.5) is 0 Å². The molecule has 2 saturated heterocycles. The first-order valence-corrected chi connectivity index (χ1v) is 9.30. The van der Waals surface area contributed by atoms with E-state index < -0.39 is 0 Å². The highest BCUT2D eigenvalue weighted by Gasteiger charge is 2.24. The summed E-state index contributed by atoms with van der Waals surface area (Å²) in [6.45, 7) is 16.5. The molecule has 2 heterocycles. The van der Waals surface area contributed by atoms with Gasteiger partial charge in [0.1, 0.15) is 6.61 Å². The Balaban J connectivity index is 1.55. The maximum absolute atomic E-state index is 10.8. The van der Waals surface area contributed by atoms with Crippen molar-refractivity contribution in [1.82, 2.24) is 14.7 Å². The quantitative estimate of drug-likeness (QED) is 0.629. The van der Waals surface area contributed by atoms with Crippen molar-refractivity contribution in [2.24, 2.45) is 5.92 Å². The molecular formula is C18H35N3O2. The predicted molar refractivity (Wildman–Crippen MR) is 93.8 cm³/mol. The summed E-state index contributed by atoms with van der Waals surface area (Å²) in [7, 11) is 0. The average Bonchev–Trinajstić information content (AvgIpc) is 2.53. The summed E-state index contributed by atoms with van der Waals surface area (Å²) in [5.41, 5.74) is 0. The van der Waals surface area contributed by atoms with E-state index in [1.54, 1.807) is 6.92 Å². The van der Waals surface area contributed by atoms with E-state index in [1.165, 1.54) is 45.6 Å². The monoisotopic (exact) mass is 325 g/mol. The normalized spacial score (nSPS) is 22.8. The number of ketones is 1. The Morgan fingerprint density at radius 3 is 2.22 bits per heavy atom. The van der Waals surface area contributed by atoms with Crippen molar-refractivity contribution < 1.29 is 9.53 Å². The van der Waals surface area contributed by atoms with Gasteiger partial charge in [-0.25, -0.2) is 0 Å². The van der Waals surface area contributed by atoms with Gasteiger partial charge in [0.25, 0.3) is 0 Å². The number of Topliss-reactive ketones (excluding diaryl/α,β-unsaturated/α-hetero) is 1. The van der Waals surface area contributed by atoms with Gasteiger partial charge in [0.15, 0.2) is 5.78 Å².